The molecule has 6 nitrogen and oxygen atoms in total. The van der Waals surface area contributed by atoms with Crippen molar-refractivity contribution >= 4 is 23.4 Å². The number of hydrogen-bond donors (Lipinski definition) is 1. The van der Waals surface area contributed by atoms with Gasteiger partial charge in [-0.3, -0.25) is 9.59 Å². The summed E-state index contributed by atoms with van der Waals surface area (Å²) in [5.74, 6) is 0.982. The molecule has 0 bridgehead atoms. The van der Waals surface area contributed by atoms with E-state index >= 15 is 0 Å². The van der Waals surface area contributed by atoms with Gasteiger partial charge in [-0.1, -0.05) is 23.7 Å². The summed E-state index contributed by atoms with van der Waals surface area (Å²) >= 11 is 5.88. The first-order valence-corrected chi connectivity index (χ1v) is 9.93. The standard InChI is InChI=1S/C22H25ClN2O4/c1-28-19-8-5-17(13-20(19)29-2)22(27)25-11-9-16(10-12-25)21(26)24-14-15-3-6-18(23)7-4-15/h3-8,13,16H,9-12,14H2,1-2H3,(H,24,26). The van der Waals surface area contributed by atoms with Gasteiger partial charge in [-0.25, -0.2) is 0 Å². The van der Waals surface area contributed by atoms with Crippen LogP contribution in [-0.4, -0.2) is 44.0 Å². The molecule has 0 aromatic heterocycles. The number of benzene rings is 2. The normalized spacial score (nSPS) is 14.4. The molecule has 2 aromatic rings. The summed E-state index contributed by atoms with van der Waals surface area (Å²) in [6.45, 7) is 1.57. The summed E-state index contributed by atoms with van der Waals surface area (Å²) in [6, 6.07) is 12.5. The number of carbonyl (C=O) groups is 2. The Labute approximate surface area is 175 Å². The first kappa shape index (κ1) is 21.0. The Balaban J connectivity index is 1.52. The van der Waals surface area contributed by atoms with E-state index < -0.39 is 0 Å². The molecule has 0 aliphatic carbocycles. The number of hydrogen-bond acceptors (Lipinski definition) is 4. The molecule has 1 aliphatic heterocycles. The molecule has 1 aliphatic rings. The van der Waals surface area contributed by atoms with Gasteiger partial charge in [-0.2, -0.15) is 0 Å². The fourth-order valence-corrected chi connectivity index (χ4v) is 3.56. The van der Waals surface area contributed by atoms with Crippen LogP contribution in [0.4, 0.5) is 0 Å². The third-order valence-corrected chi connectivity index (χ3v) is 5.42. The second-order valence-corrected chi connectivity index (χ2v) is 7.42. The third kappa shape index (κ3) is 5.21. The van der Waals surface area contributed by atoms with Crippen LogP contribution in [0.5, 0.6) is 11.5 Å². The number of piperidine rings is 1. The van der Waals surface area contributed by atoms with Crippen molar-refractivity contribution in [3.8, 4) is 11.5 Å². The zero-order chi connectivity index (χ0) is 20.8. The van der Waals surface area contributed by atoms with Gasteiger partial charge in [-0.15, -0.1) is 0 Å². The smallest absolute Gasteiger partial charge is 0.253 e. The van der Waals surface area contributed by atoms with Crippen molar-refractivity contribution in [2.75, 3.05) is 27.3 Å². The van der Waals surface area contributed by atoms with Gasteiger partial charge in [0, 0.05) is 36.1 Å². The maximum Gasteiger partial charge on any atom is 0.253 e. The summed E-state index contributed by atoms with van der Waals surface area (Å²) in [5.41, 5.74) is 1.55. The predicted octanol–water partition coefficient (Wildman–Crippen LogP) is 3.53. The number of halogens is 1. The maximum atomic E-state index is 12.8. The topological polar surface area (TPSA) is 67.9 Å². The number of nitrogens with zero attached hydrogens (tertiary/aromatic N) is 1. The molecule has 3 rings (SSSR count). The van der Waals surface area contributed by atoms with Gasteiger partial charge in [-0.05, 0) is 48.7 Å². The van der Waals surface area contributed by atoms with Gasteiger partial charge in [0.2, 0.25) is 5.91 Å². The first-order valence-electron chi connectivity index (χ1n) is 9.55. The number of nitrogens with one attached hydrogen (secondary N) is 1. The molecule has 0 unspecified atom stereocenters. The highest BCUT2D eigenvalue weighted by Crippen LogP contribution is 2.29. The lowest BCUT2D eigenvalue weighted by molar-refractivity contribution is -0.126. The molecule has 0 radical (unpaired) electrons. The molecule has 1 fully saturated rings. The molecule has 0 spiro atoms. The van der Waals surface area contributed by atoms with E-state index in [9.17, 15) is 9.59 Å². The average Bonchev–Trinajstić information content (AvgIpc) is 2.77. The lowest BCUT2D eigenvalue weighted by Crippen LogP contribution is -2.42. The van der Waals surface area contributed by atoms with E-state index in [2.05, 4.69) is 5.32 Å². The lowest BCUT2D eigenvalue weighted by atomic mass is 9.95. The van der Waals surface area contributed by atoms with Crippen LogP contribution in [0, 0.1) is 5.92 Å². The molecule has 1 N–H and O–H groups in total. The van der Waals surface area contributed by atoms with E-state index in [-0.39, 0.29) is 17.7 Å². The van der Waals surface area contributed by atoms with Crippen LogP contribution < -0.4 is 14.8 Å². The Morgan fingerprint density at radius 2 is 1.69 bits per heavy atom. The highest BCUT2D eigenvalue weighted by molar-refractivity contribution is 6.30. The number of carbonyl (C=O) groups excluding carboxylic acids is 2. The van der Waals surface area contributed by atoms with Crippen molar-refractivity contribution in [2.45, 2.75) is 19.4 Å². The highest BCUT2D eigenvalue weighted by atomic mass is 35.5. The number of amides is 2. The molecular formula is C22H25ClN2O4. The summed E-state index contributed by atoms with van der Waals surface area (Å²) in [6.07, 6.45) is 1.29. The first-order chi connectivity index (χ1) is 14.0. The van der Waals surface area contributed by atoms with Gasteiger partial charge in [0.25, 0.3) is 5.91 Å². The maximum absolute atomic E-state index is 12.8. The molecule has 2 aromatic carbocycles. The Kier molecular flexibility index (Phi) is 6.99. The third-order valence-electron chi connectivity index (χ3n) is 5.16. The van der Waals surface area contributed by atoms with E-state index in [1.807, 2.05) is 12.1 Å². The van der Waals surface area contributed by atoms with Crippen LogP contribution in [0.25, 0.3) is 0 Å². The van der Waals surface area contributed by atoms with Gasteiger partial charge >= 0.3 is 0 Å². The number of methoxy groups -OCH3 is 2. The molecule has 0 atom stereocenters. The number of rotatable bonds is 6. The Morgan fingerprint density at radius 3 is 2.31 bits per heavy atom. The quantitative estimate of drug-likeness (QED) is 0.782. The Morgan fingerprint density at radius 1 is 1.03 bits per heavy atom. The van der Waals surface area contributed by atoms with E-state index in [1.54, 1.807) is 49.5 Å². The van der Waals surface area contributed by atoms with E-state index in [4.69, 9.17) is 21.1 Å². The minimum atomic E-state index is -0.0863. The summed E-state index contributed by atoms with van der Waals surface area (Å²) in [7, 11) is 3.10. The highest BCUT2D eigenvalue weighted by Gasteiger charge is 2.28. The van der Waals surface area contributed by atoms with Crippen molar-refractivity contribution < 1.29 is 19.1 Å². The van der Waals surface area contributed by atoms with Gasteiger partial charge in [0.15, 0.2) is 11.5 Å². The molecular weight excluding hydrogens is 392 g/mol. The van der Waals surface area contributed by atoms with Crippen LogP contribution in [0.2, 0.25) is 5.02 Å². The second kappa shape index (κ2) is 9.65. The fourth-order valence-electron chi connectivity index (χ4n) is 3.43. The zero-order valence-electron chi connectivity index (χ0n) is 16.6. The molecule has 7 heteroatoms. The monoisotopic (exact) mass is 416 g/mol. The minimum absolute atomic E-state index is 0.0261. The second-order valence-electron chi connectivity index (χ2n) is 6.98. The van der Waals surface area contributed by atoms with Crippen LogP contribution in [0.3, 0.4) is 0 Å². The molecule has 154 valence electrons. The zero-order valence-corrected chi connectivity index (χ0v) is 17.4. The minimum Gasteiger partial charge on any atom is -0.493 e. The Bertz CT molecular complexity index is 862. The van der Waals surface area contributed by atoms with E-state index in [1.165, 1.54) is 0 Å². The largest absolute Gasteiger partial charge is 0.493 e. The van der Waals surface area contributed by atoms with Gasteiger partial charge in [0.05, 0.1) is 14.2 Å². The van der Waals surface area contributed by atoms with Crippen LogP contribution in [-0.2, 0) is 11.3 Å². The fraction of sp³-hybridized carbons (Fsp3) is 0.364. The number of ether oxygens (including phenoxy) is 2. The van der Waals surface area contributed by atoms with Crippen molar-refractivity contribution in [1.29, 1.82) is 0 Å². The Hall–Kier alpha value is -2.73. The SMILES string of the molecule is COc1ccc(C(=O)N2CCC(C(=O)NCc3ccc(Cl)cc3)CC2)cc1OC. The molecule has 2 amide bonds. The molecule has 1 heterocycles. The van der Waals surface area contributed by atoms with Crippen molar-refractivity contribution in [3.63, 3.8) is 0 Å². The molecule has 29 heavy (non-hydrogen) atoms. The summed E-state index contributed by atoms with van der Waals surface area (Å²) < 4.78 is 10.5. The van der Waals surface area contributed by atoms with Gasteiger partial charge < -0.3 is 19.7 Å². The van der Waals surface area contributed by atoms with Crippen molar-refractivity contribution in [2.24, 2.45) is 5.92 Å². The van der Waals surface area contributed by atoms with Crippen LogP contribution >= 0.6 is 11.6 Å². The predicted molar refractivity (Wildman–Crippen MR) is 111 cm³/mol. The summed E-state index contributed by atoms with van der Waals surface area (Å²) in [4.78, 5) is 27.1. The van der Waals surface area contributed by atoms with E-state index in [0.29, 0.717) is 54.6 Å². The van der Waals surface area contributed by atoms with Crippen molar-refractivity contribution in [3.05, 3.63) is 58.6 Å². The van der Waals surface area contributed by atoms with Gasteiger partial charge in [0.1, 0.15) is 0 Å². The van der Waals surface area contributed by atoms with E-state index in [0.717, 1.165) is 5.56 Å². The number of likely N-dealkylation sites (tertiary alicyclic amines) is 1. The van der Waals surface area contributed by atoms with Crippen molar-refractivity contribution in [1.82, 2.24) is 10.2 Å². The van der Waals surface area contributed by atoms with Crippen LogP contribution in [0.15, 0.2) is 42.5 Å². The molecule has 0 saturated carbocycles. The summed E-state index contributed by atoms with van der Waals surface area (Å²) in [5, 5.41) is 3.65. The lowest BCUT2D eigenvalue weighted by Gasteiger charge is -2.31. The van der Waals surface area contributed by atoms with Crippen LogP contribution in [0.1, 0.15) is 28.8 Å². The molecule has 1 saturated heterocycles. The average molecular weight is 417 g/mol.